The van der Waals surface area contributed by atoms with Crippen molar-refractivity contribution in [3.8, 4) is 5.75 Å². The molecular formula is C14H8BrClF2O2. The van der Waals surface area contributed by atoms with Crippen molar-refractivity contribution in [3.05, 3.63) is 62.6 Å². The molecule has 20 heavy (non-hydrogen) atoms. The Bertz CT molecular complexity index is 639. The van der Waals surface area contributed by atoms with Crippen LogP contribution in [0.1, 0.15) is 15.9 Å². The molecule has 0 unspecified atom stereocenters. The van der Waals surface area contributed by atoms with Gasteiger partial charge < -0.3 is 4.74 Å². The zero-order valence-electron chi connectivity index (χ0n) is 10.00. The molecule has 0 aromatic heterocycles. The van der Waals surface area contributed by atoms with E-state index in [2.05, 4.69) is 15.9 Å². The van der Waals surface area contributed by atoms with E-state index in [9.17, 15) is 13.6 Å². The smallest absolute Gasteiger partial charge is 0.191 e. The van der Waals surface area contributed by atoms with Crippen LogP contribution >= 0.6 is 27.5 Å². The predicted molar refractivity (Wildman–Crippen MR) is 75.2 cm³/mol. The molecule has 6 heteroatoms. The second-order valence-corrected chi connectivity index (χ2v) is 5.28. The van der Waals surface area contributed by atoms with E-state index in [-0.39, 0.29) is 12.2 Å². The Morgan fingerprint density at radius 1 is 1.20 bits per heavy atom. The number of hydrogen-bond donors (Lipinski definition) is 0. The van der Waals surface area contributed by atoms with E-state index in [4.69, 9.17) is 16.3 Å². The van der Waals surface area contributed by atoms with Gasteiger partial charge in [-0.2, -0.15) is 0 Å². The summed E-state index contributed by atoms with van der Waals surface area (Å²) in [7, 11) is 0. The summed E-state index contributed by atoms with van der Waals surface area (Å²) in [5.74, 6) is -2.39. The number of benzene rings is 2. The molecule has 0 fully saturated rings. The van der Waals surface area contributed by atoms with Crippen molar-refractivity contribution in [2.45, 2.75) is 6.61 Å². The highest BCUT2D eigenvalue weighted by Crippen LogP contribution is 2.26. The largest absolute Gasteiger partial charge is 0.483 e. The summed E-state index contributed by atoms with van der Waals surface area (Å²) in [5, 5.41) is 0.421. The molecule has 104 valence electrons. The fraction of sp³-hybridized carbons (Fsp3) is 0.0714. The highest BCUT2D eigenvalue weighted by Gasteiger charge is 2.13. The third-order valence-corrected chi connectivity index (χ3v) is 3.39. The molecule has 2 nitrogen and oxygen atoms in total. The first-order chi connectivity index (χ1) is 9.51. The van der Waals surface area contributed by atoms with Gasteiger partial charge in [-0.05, 0) is 24.3 Å². The maximum Gasteiger partial charge on any atom is 0.191 e. The number of ether oxygens (including phenoxy) is 1. The molecular weight excluding hydrogens is 354 g/mol. The first kappa shape index (κ1) is 14.9. The van der Waals surface area contributed by atoms with Gasteiger partial charge in [-0.25, -0.2) is 8.78 Å². The van der Waals surface area contributed by atoms with Crippen molar-refractivity contribution >= 4 is 33.8 Å². The highest BCUT2D eigenvalue weighted by atomic mass is 79.9. The van der Waals surface area contributed by atoms with Gasteiger partial charge in [-0.1, -0.05) is 33.6 Å². The number of rotatable bonds is 4. The predicted octanol–water partition coefficient (Wildman–Crippen LogP) is 4.77. The number of aldehydes is 1. The van der Waals surface area contributed by atoms with Crippen LogP contribution in [0.25, 0.3) is 0 Å². The maximum atomic E-state index is 13.6. The molecule has 2 aromatic carbocycles. The lowest BCUT2D eigenvalue weighted by molar-refractivity contribution is 0.112. The molecule has 0 aliphatic heterocycles. The summed E-state index contributed by atoms with van der Waals surface area (Å²) in [6.45, 7) is -0.0829. The lowest BCUT2D eigenvalue weighted by Gasteiger charge is -2.10. The molecule has 0 saturated heterocycles. The lowest BCUT2D eigenvalue weighted by atomic mass is 10.2. The van der Waals surface area contributed by atoms with Crippen molar-refractivity contribution in [1.29, 1.82) is 0 Å². The van der Waals surface area contributed by atoms with Gasteiger partial charge in [-0.3, -0.25) is 4.79 Å². The van der Waals surface area contributed by atoms with E-state index in [1.54, 1.807) is 18.2 Å². The van der Waals surface area contributed by atoms with Gasteiger partial charge >= 0.3 is 0 Å². The summed E-state index contributed by atoms with van der Waals surface area (Å²) < 4.78 is 33.1. The molecule has 2 rings (SSSR count). The van der Waals surface area contributed by atoms with Crippen LogP contribution in [0.5, 0.6) is 5.75 Å². The Labute approximate surface area is 127 Å². The quantitative estimate of drug-likeness (QED) is 0.733. The second-order valence-electron chi connectivity index (χ2n) is 3.96. The van der Waals surface area contributed by atoms with E-state index in [1.807, 2.05) is 0 Å². The molecule has 0 saturated carbocycles. The molecule has 0 aliphatic rings. The monoisotopic (exact) mass is 360 g/mol. The summed E-state index contributed by atoms with van der Waals surface area (Å²) in [6, 6.07) is 6.90. The number of hydrogen-bond acceptors (Lipinski definition) is 2. The number of carbonyl (C=O) groups is 1. The van der Waals surface area contributed by atoms with Crippen LogP contribution in [0.3, 0.4) is 0 Å². The van der Waals surface area contributed by atoms with Gasteiger partial charge in [0.25, 0.3) is 0 Å². The minimum Gasteiger partial charge on any atom is -0.483 e. The zero-order valence-corrected chi connectivity index (χ0v) is 12.3. The highest BCUT2D eigenvalue weighted by molar-refractivity contribution is 9.10. The van der Waals surface area contributed by atoms with Gasteiger partial charge in [0.1, 0.15) is 12.9 Å². The molecule has 0 bridgehead atoms. The van der Waals surface area contributed by atoms with Gasteiger partial charge in [0.05, 0.1) is 0 Å². The van der Waals surface area contributed by atoms with Crippen LogP contribution in [0, 0.1) is 11.6 Å². The van der Waals surface area contributed by atoms with Crippen LogP contribution in [0.15, 0.2) is 34.8 Å². The van der Waals surface area contributed by atoms with E-state index >= 15 is 0 Å². The van der Waals surface area contributed by atoms with Gasteiger partial charge in [0, 0.05) is 20.6 Å². The van der Waals surface area contributed by atoms with E-state index in [0.717, 1.165) is 16.6 Å². The Morgan fingerprint density at radius 2 is 1.85 bits per heavy atom. The molecule has 0 N–H and O–H groups in total. The molecule has 0 heterocycles. The third-order valence-electron chi connectivity index (χ3n) is 2.54. The van der Waals surface area contributed by atoms with E-state index in [0.29, 0.717) is 16.9 Å². The Kier molecular flexibility index (Phi) is 4.73. The Balaban J connectivity index is 2.21. The van der Waals surface area contributed by atoms with E-state index < -0.39 is 17.4 Å². The molecule has 0 radical (unpaired) electrons. The summed E-state index contributed by atoms with van der Waals surface area (Å²) in [5.41, 5.74) is 0.502. The zero-order chi connectivity index (χ0) is 14.7. The fourth-order valence-corrected chi connectivity index (χ4v) is 2.30. The summed E-state index contributed by atoms with van der Waals surface area (Å²) in [4.78, 5) is 10.5. The van der Waals surface area contributed by atoms with Gasteiger partial charge in [0.2, 0.25) is 0 Å². The average molecular weight is 362 g/mol. The standard InChI is InChI=1S/C14H8BrClF2O2/c15-10-2-1-9(11(16)5-10)7-20-14-12(17)3-8(6-19)4-13(14)18/h1-6H,7H2. The first-order valence-electron chi connectivity index (χ1n) is 5.52. The number of halogens is 4. The Hall–Kier alpha value is -1.46. The molecule has 2 aromatic rings. The second kappa shape index (κ2) is 6.33. The molecule has 0 atom stereocenters. The minimum absolute atomic E-state index is 0.0829. The summed E-state index contributed by atoms with van der Waals surface area (Å²) in [6.07, 6.45) is 0.363. The first-order valence-corrected chi connectivity index (χ1v) is 6.69. The lowest BCUT2D eigenvalue weighted by Crippen LogP contribution is -2.01. The van der Waals surface area contributed by atoms with Gasteiger partial charge in [0.15, 0.2) is 17.4 Å². The SMILES string of the molecule is O=Cc1cc(F)c(OCc2ccc(Br)cc2Cl)c(F)c1. The van der Waals surface area contributed by atoms with E-state index in [1.165, 1.54) is 0 Å². The third kappa shape index (κ3) is 3.35. The van der Waals surface area contributed by atoms with Crippen LogP contribution in [-0.2, 0) is 6.61 Å². The minimum atomic E-state index is -0.930. The maximum absolute atomic E-state index is 13.6. The van der Waals surface area contributed by atoms with Crippen LogP contribution in [0.4, 0.5) is 8.78 Å². The van der Waals surface area contributed by atoms with Crippen LogP contribution in [-0.4, -0.2) is 6.29 Å². The average Bonchev–Trinajstić information content (AvgIpc) is 2.39. The van der Waals surface area contributed by atoms with Gasteiger partial charge in [-0.15, -0.1) is 0 Å². The van der Waals surface area contributed by atoms with Crippen molar-refractivity contribution in [1.82, 2.24) is 0 Å². The normalized spacial score (nSPS) is 10.4. The van der Waals surface area contributed by atoms with Crippen molar-refractivity contribution in [2.75, 3.05) is 0 Å². The van der Waals surface area contributed by atoms with Crippen molar-refractivity contribution in [2.24, 2.45) is 0 Å². The fourth-order valence-electron chi connectivity index (χ4n) is 1.57. The van der Waals surface area contributed by atoms with Crippen LogP contribution < -0.4 is 4.74 Å². The molecule has 0 aliphatic carbocycles. The molecule has 0 spiro atoms. The van der Waals surface area contributed by atoms with Crippen LogP contribution in [0.2, 0.25) is 5.02 Å². The Morgan fingerprint density at radius 3 is 2.40 bits per heavy atom. The van der Waals surface area contributed by atoms with Crippen molar-refractivity contribution in [3.63, 3.8) is 0 Å². The topological polar surface area (TPSA) is 26.3 Å². The van der Waals surface area contributed by atoms with Crippen molar-refractivity contribution < 1.29 is 18.3 Å². The number of carbonyl (C=O) groups excluding carboxylic acids is 1. The summed E-state index contributed by atoms with van der Waals surface area (Å²) >= 11 is 9.23. The molecule has 0 amide bonds.